The fourth-order valence-corrected chi connectivity index (χ4v) is 5.15. The first kappa shape index (κ1) is 8.94. The van der Waals surface area contributed by atoms with E-state index in [1.165, 1.54) is 0 Å². The Bertz CT molecular complexity index is 843. The van der Waals surface area contributed by atoms with Crippen LogP contribution in [0.4, 0.5) is 0 Å². The molecule has 2 heterocycles. The van der Waals surface area contributed by atoms with E-state index in [1.807, 2.05) is 12.1 Å². The Morgan fingerprint density at radius 2 is 2.50 bits per heavy atom. The van der Waals surface area contributed by atoms with Crippen molar-refractivity contribution in [1.29, 1.82) is 1.43 Å². The molecule has 0 aromatic heterocycles. The average molecular weight is 304 g/mol. The van der Waals surface area contributed by atoms with Crippen LogP contribution in [0.3, 0.4) is 0 Å². The second-order valence-electron chi connectivity index (χ2n) is 6.86. The quantitative estimate of drug-likeness (QED) is 0.841. The van der Waals surface area contributed by atoms with Gasteiger partial charge in [0.05, 0.1) is 12.5 Å². The summed E-state index contributed by atoms with van der Waals surface area (Å²) in [6, 6.07) is 3.83. The molecule has 0 amide bonds. The van der Waals surface area contributed by atoms with Crippen molar-refractivity contribution < 1.29 is 20.1 Å². The topological polar surface area (TPSA) is 41.9 Å². The maximum absolute atomic E-state index is 8.69. The number of nitrogens with zero attached hydrogens (tertiary/aromatic N) is 1. The van der Waals surface area contributed by atoms with E-state index in [4.69, 9.17) is 21.5 Å². The fourth-order valence-electron chi connectivity index (χ4n) is 5.15. The minimum absolute atomic E-state index is 0.117. The highest BCUT2D eigenvalue weighted by Crippen LogP contribution is 2.62. The van der Waals surface area contributed by atoms with Crippen molar-refractivity contribution in [2.75, 3.05) is 20.6 Å². The zero-order valence-electron chi connectivity index (χ0n) is 17.3. The number of likely N-dealkylation sites (N-methyl/N-ethyl adjacent to an activating group) is 1. The standard InChI is InChI=1S/C18H21NO3/c1-19-8-7-18-11-4-5-13(20)17(18)22-16-14(21-2)6-3-10(15(16)18)9-12(11)19/h3-6,11-13,17,20H,7-9H2,1-2H3/t11-,12+,13?,17?,18-/m0/s1/i2D3,13D,20D. The highest BCUT2D eigenvalue weighted by molar-refractivity contribution is 5.62. The van der Waals surface area contributed by atoms with Crippen LogP contribution < -0.4 is 9.47 Å². The Kier molecular flexibility index (Phi) is 1.65. The summed E-state index contributed by atoms with van der Waals surface area (Å²) in [5.41, 5.74) is 1.54. The molecule has 2 unspecified atom stereocenters. The van der Waals surface area contributed by atoms with Crippen LogP contribution in [0.15, 0.2) is 24.3 Å². The first-order valence-electron chi connectivity index (χ1n) is 10.2. The summed E-state index contributed by atoms with van der Waals surface area (Å²) < 4.78 is 50.0. The molecule has 1 aromatic carbocycles. The van der Waals surface area contributed by atoms with Gasteiger partial charge in [0.25, 0.3) is 0 Å². The summed E-state index contributed by atoms with van der Waals surface area (Å²) in [7, 11) is -0.483. The van der Waals surface area contributed by atoms with Gasteiger partial charge < -0.3 is 19.5 Å². The summed E-state index contributed by atoms with van der Waals surface area (Å²) in [5.74, 6) is 0.687. The molecule has 2 bridgehead atoms. The Morgan fingerprint density at radius 3 is 3.36 bits per heavy atom. The molecule has 1 saturated heterocycles. The molecule has 5 rings (SSSR count). The van der Waals surface area contributed by atoms with Crippen LogP contribution in [0.2, 0.25) is 0 Å². The number of rotatable bonds is 2. The highest BCUT2D eigenvalue weighted by Gasteiger charge is 2.64. The molecule has 0 saturated carbocycles. The fraction of sp³-hybridized carbons (Fsp3) is 0.556. The summed E-state index contributed by atoms with van der Waals surface area (Å²) in [6.07, 6.45) is 2.82. The maximum Gasteiger partial charge on any atom is 0.211 e. The third-order valence-electron chi connectivity index (χ3n) is 6.10. The lowest BCUT2D eigenvalue weighted by atomic mass is 9.53. The van der Waals surface area contributed by atoms with Crippen LogP contribution in [0.1, 0.15) is 23.0 Å². The third-order valence-corrected chi connectivity index (χ3v) is 6.10. The zero-order valence-corrected chi connectivity index (χ0v) is 12.3. The molecule has 2 aliphatic heterocycles. The summed E-state index contributed by atoms with van der Waals surface area (Å²) in [4.78, 5) is 2.34. The normalized spacial score (nSPS) is 48.2. The second kappa shape index (κ2) is 4.06. The number of benzene rings is 1. The number of aliphatic hydroxyl groups is 1. The number of hydrogen-bond acceptors (Lipinski definition) is 4. The monoisotopic (exact) mass is 304 g/mol. The van der Waals surface area contributed by atoms with Gasteiger partial charge in [0.2, 0.25) is 1.43 Å². The first-order valence-corrected chi connectivity index (χ1v) is 7.75. The van der Waals surface area contributed by atoms with Crippen molar-refractivity contribution in [3.63, 3.8) is 0 Å². The number of piperidine rings is 1. The molecule has 116 valence electrons. The minimum Gasteiger partial charge on any atom is -0.493 e. The van der Waals surface area contributed by atoms with Crippen molar-refractivity contribution in [1.82, 2.24) is 4.90 Å². The Morgan fingerprint density at radius 1 is 1.55 bits per heavy atom. The molecule has 1 aromatic rings. The van der Waals surface area contributed by atoms with Gasteiger partial charge in [0.15, 0.2) is 11.5 Å². The molecular weight excluding hydrogens is 278 g/mol. The Labute approximate surface area is 137 Å². The maximum atomic E-state index is 8.69. The van der Waals surface area contributed by atoms with Gasteiger partial charge in [-0.1, -0.05) is 18.2 Å². The average Bonchev–Trinajstić information content (AvgIpc) is 2.96. The van der Waals surface area contributed by atoms with E-state index in [0.717, 1.165) is 30.5 Å². The van der Waals surface area contributed by atoms with Gasteiger partial charge in [-0.25, -0.2) is 0 Å². The number of methoxy groups -OCH3 is 1. The van der Waals surface area contributed by atoms with Gasteiger partial charge in [0.1, 0.15) is 12.2 Å². The van der Waals surface area contributed by atoms with E-state index in [2.05, 4.69) is 11.9 Å². The molecule has 4 nitrogen and oxygen atoms in total. The van der Waals surface area contributed by atoms with Gasteiger partial charge >= 0.3 is 0 Å². The van der Waals surface area contributed by atoms with Crippen molar-refractivity contribution >= 4 is 0 Å². The second-order valence-corrected chi connectivity index (χ2v) is 6.86. The number of hydrogen-bond donors (Lipinski definition) is 1. The molecule has 22 heavy (non-hydrogen) atoms. The predicted molar refractivity (Wildman–Crippen MR) is 82.5 cm³/mol. The van der Waals surface area contributed by atoms with Crippen LogP contribution in [0.25, 0.3) is 0 Å². The molecule has 4 heteroatoms. The Hall–Kier alpha value is -1.52. The molecule has 1 N–H and O–H groups in total. The summed E-state index contributed by atoms with van der Waals surface area (Å²) >= 11 is 0. The zero-order chi connectivity index (χ0) is 19.2. The van der Waals surface area contributed by atoms with E-state index in [-0.39, 0.29) is 17.7 Å². The van der Waals surface area contributed by atoms with Crippen LogP contribution in [-0.4, -0.2) is 50.3 Å². The third kappa shape index (κ3) is 1.28. The molecule has 4 aliphatic rings. The molecular formula is C18H21NO3. The van der Waals surface area contributed by atoms with Crippen molar-refractivity contribution in [3.8, 4) is 11.5 Å². The summed E-state index contributed by atoms with van der Waals surface area (Å²) in [5, 5.41) is 4.83. The van der Waals surface area contributed by atoms with Gasteiger partial charge in [-0.2, -0.15) is 0 Å². The molecule has 1 spiro atoms. The molecule has 5 atom stereocenters. The van der Waals surface area contributed by atoms with Crippen molar-refractivity contribution in [3.05, 3.63) is 35.4 Å². The predicted octanol–water partition coefficient (Wildman–Crippen LogP) is 1.50. The van der Waals surface area contributed by atoms with E-state index >= 15 is 0 Å². The molecule has 1 fully saturated rings. The van der Waals surface area contributed by atoms with E-state index in [9.17, 15) is 0 Å². The van der Waals surface area contributed by atoms with Gasteiger partial charge in [-0.15, -0.1) is 0 Å². The van der Waals surface area contributed by atoms with Crippen LogP contribution >= 0.6 is 0 Å². The smallest absolute Gasteiger partial charge is 0.211 e. The van der Waals surface area contributed by atoms with Crippen LogP contribution in [0.5, 0.6) is 11.5 Å². The Balaban J connectivity index is 1.75. The van der Waals surface area contributed by atoms with Crippen LogP contribution in [0, 0.1) is 5.92 Å². The lowest BCUT2D eigenvalue weighted by molar-refractivity contribution is -0.0453. The first-order chi connectivity index (χ1) is 12.7. The van der Waals surface area contributed by atoms with Crippen LogP contribution in [-0.2, 0) is 11.8 Å². The minimum atomic E-state index is -2.59. The van der Waals surface area contributed by atoms with Gasteiger partial charge in [-0.3, -0.25) is 0 Å². The SMILES string of the molecule is [2H]OC1([2H])C=C[C@H]2[C@H]3Cc4ccc(OC([2H])([2H])[2H])c5c4[C@@]2(CCN3C)C1O5. The lowest BCUT2D eigenvalue weighted by Crippen LogP contribution is -2.64. The highest BCUT2D eigenvalue weighted by atomic mass is 16.5. The lowest BCUT2D eigenvalue weighted by Gasteiger charge is -2.56. The molecule has 0 radical (unpaired) electrons. The van der Waals surface area contributed by atoms with Gasteiger partial charge in [0, 0.05) is 22.9 Å². The summed E-state index contributed by atoms with van der Waals surface area (Å²) in [6.45, 7) is 0.839. The van der Waals surface area contributed by atoms with E-state index in [0.29, 0.717) is 5.75 Å². The van der Waals surface area contributed by atoms with E-state index < -0.39 is 24.6 Å². The molecule has 2 aliphatic carbocycles. The van der Waals surface area contributed by atoms with Crippen molar-refractivity contribution in [2.45, 2.75) is 36.5 Å². The number of likely N-dealkylation sites (tertiary alicyclic amines) is 1. The largest absolute Gasteiger partial charge is 0.493 e. The van der Waals surface area contributed by atoms with Gasteiger partial charge in [-0.05, 0) is 38.1 Å². The van der Waals surface area contributed by atoms with E-state index in [1.54, 1.807) is 12.1 Å². The van der Waals surface area contributed by atoms with Crippen molar-refractivity contribution in [2.24, 2.45) is 5.92 Å². The number of ether oxygens (including phenoxy) is 2.